The predicted octanol–water partition coefficient (Wildman–Crippen LogP) is 3.20. The van der Waals surface area contributed by atoms with E-state index < -0.39 is 34.7 Å². The van der Waals surface area contributed by atoms with Crippen molar-refractivity contribution in [2.75, 3.05) is 5.32 Å². The summed E-state index contributed by atoms with van der Waals surface area (Å²) in [6.45, 7) is 0. The first kappa shape index (κ1) is 13.9. The van der Waals surface area contributed by atoms with Gasteiger partial charge in [-0.1, -0.05) is 0 Å². The lowest BCUT2D eigenvalue weighted by molar-refractivity contribution is 0.101. The number of hydrogen-bond donors (Lipinski definition) is 2. The van der Waals surface area contributed by atoms with Crippen molar-refractivity contribution in [3.8, 4) is 5.75 Å². The summed E-state index contributed by atoms with van der Waals surface area (Å²) in [7, 11) is 0. The molecule has 0 aliphatic heterocycles. The number of aromatic hydroxyl groups is 1. The van der Waals surface area contributed by atoms with Gasteiger partial charge in [0.15, 0.2) is 0 Å². The topological polar surface area (TPSA) is 49.3 Å². The highest BCUT2D eigenvalue weighted by Gasteiger charge is 2.20. The van der Waals surface area contributed by atoms with Crippen LogP contribution in [0.1, 0.15) is 10.4 Å². The number of phenols is 1. The minimum Gasteiger partial charge on any atom is -0.508 e. The molecule has 0 unspecified atom stereocenters. The molecular formula is C13H7F4NO2. The van der Waals surface area contributed by atoms with Crippen LogP contribution in [0, 0.1) is 23.3 Å². The Morgan fingerprint density at radius 2 is 1.55 bits per heavy atom. The average molecular weight is 285 g/mol. The van der Waals surface area contributed by atoms with Crippen molar-refractivity contribution in [3.63, 3.8) is 0 Å². The third-order valence-electron chi connectivity index (χ3n) is 2.43. The molecule has 0 spiro atoms. The number of nitrogens with one attached hydrogen (secondary N) is 1. The summed E-state index contributed by atoms with van der Waals surface area (Å²) in [5, 5.41) is 10.9. The molecule has 3 nitrogen and oxygen atoms in total. The number of halogens is 4. The van der Waals surface area contributed by atoms with Crippen LogP contribution in [0.2, 0.25) is 0 Å². The highest BCUT2D eigenvalue weighted by Crippen LogP contribution is 2.21. The number of benzene rings is 2. The Balaban J connectivity index is 2.33. The van der Waals surface area contributed by atoms with Crippen molar-refractivity contribution < 1.29 is 27.5 Å². The molecule has 2 aromatic carbocycles. The molecule has 0 heterocycles. The summed E-state index contributed by atoms with van der Waals surface area (Å²) in [4.78, 5) is 11.7. The highest BCUT2D eigenvalue weighted by molar-refractivity contribution is 6.04. The second-order valence-corrected chi connectivity index (χ2v) is 3.86. The van der Waals surface area contributed by atoms with Gasteiger partial charge in [0.2, 0.25) is 0 Å². The standard InChI is InChI=1S/C13H7F4NO2/c14-6-3-9(16)12(10(17)4-6)13(20)18-11-2-1-7(19)5-8(11)15/h1-5,19H,(H,18,20). The molecule has 0 fully saturated rings. The van der Waals surface area contributed by atoms with Gasteiger partial charge in [0.05, 0.1) is 5.69 Å². The van der Waals surface area contributed by atoms with E-state index in [2.05, 4.69) is 0 Å². The van der Waals surface area contributed by atoms with E-state index in [1.54, 1.807) is 0 Å². The molecule has 20 heavy (non-hydrogen) atoms. The van der Waals surface area contributed by atoms with Crippen LogP contribution in [0.5, 0.6) is 5.75 Å². The summed E-state index contributed by atoms with van der Waals surface area (Å²) < 4.78 is 52.8. The summed E-state index contributed by atoms with van der Waals surface area (Å²) in [6, 6.07) is 3.49. The lowest BCUT2D eigenvalue weighted by atomic mass is 10.1. The second-order valence-electron chi connectivity index (χ2n) is 3.86. The Hall–Kier alpha value is -2.57. The summed E-state index contributed by atoms with van der Waals surface area (Å²) >= 11 is 0. The van der Waals surface area contributed by atoms with Crippen molar-refractivity contribution in [1.82, 2.24) is 0 Å². The molecule has 104 valence electrons. The summed E-state index contributed by atoms with van der Waals surface area (Å²) in [6.07, 6.45) is 0. The fourth-order valence-corrected chi connectivity index (χ4v) is 1.55. The first-order valence-electron chi connectivity index (χ1n) is 5.33. The fraction of sp³-hybridized carbons (Fsp3) is 0. The largest absolute Gasteiger partial charge is 0.508 e. The van der Waals surface area contributed by atoms with Crippen LogP contribution in [-0.4, -0.2) is 11.0 Å². The Labute approximate surface area is 110 Å². The molecule has 1 amide bonds. The summed E-state index contributed by atoms with van der Waals surface area (Å²) in [5.41, 5.74) is -1.41. The van der Waals surface area contributed by atoms with E-state index in [0.29, 0.717) is 18.2 Å². The maximum absolute atomic E-state index is 13.4. The minimum atomic E-state index is -1.40. The van der Waals surface area contributed by atoms with Gasteiger partial charge in [0.25, 0.3) is 5.91 Å². The van der Waals surface area contributed by atoms with Crippen LogP contribution in [0.15, 0.2) is 30.3 Å². The van der Waals surface area contributed by atoms with Crippen LogP contribution in [-0.2, 0) is 0 Å². The number of rotatable bonds is 2. The number of anilines is 1. The van der Waals surface area contributed by atoms with Gasteiger partial charge in [-0.05, 0) is 12.1 Å². The van der Waals surface area contributed by atoms with E-state index in [0.717, 1.165) is 12.1 Å². The van der Waals surface area contributed by atoms with Crippen LogP contribution in [0.4, 0.5) is 23.2 Å². The van der Waals surface area contributed by atoms with Gasteiger partial charge < -0.3 is 10.4 Å². The Morgan fingerprint density at radius 1 is 0.950 bits per heavy atom. The van der Waals surface area contributed by atoms with Gasteiger partial charge in [-0.25, -0.2) is 17.6 Å². The molecule has 0 radical (unpaired) electrons. The predicted molar refractivity (Wildman–Crippen MR) is 62.3 cm³/mol. The lowest BCUT2D eigenvalue weighted by Crippen LogP contribution is -2.17. The average Bonchev–Trinajstić information content (AvgIpc) is 2.31. The highest BCUT2D eigenvalue weighted by atomic mass is 19.1. The van der Waals surface area contributed by atoms with Crippen LogP contribution in [0.25, 0.3) is 0 Å². The smallest absolute Gasteiger partial charge is 0.261 e. The third-order valence-corrected chi connectivity index (χ3v) is 2.43. The summed E-state index contributed by atoms with van der Waals surface area (Å²) in [5.74, 6) is -6.61. The first-order valence-corrected chi connectivity index (χ1v) is 5.33. The quantitative estimate of drug-likeness (QED) is 0.657. The number of phenolic OH excluding ortho intramolecular Hbond substituents is 1. The maximum Gasteiger partial charge on any atom is 0.261 e. The zero-order chi connectivity index (χ0) is 14.9. The fourth-order valence-electron chi connectivity index (χ4n) is 1.55. The molecule has 2 N–H and O–H groups in total. The molecule has 0 bridgehead atoms. The van der Waals surface area contributed by atoms with E-state index in [-0.39, 0.29) is 11.4 Å². The van der Waals surface area contributed by atoms with Crippen molar-refractivity contribution >= 4 is 11.6 Å². The molecule has 0 aromatic heterocycles. The number of carbonyl (C=O) groups excluding carboxylic acids is 1. The molecular weight excluding hydrogens is 278 g/mol. The second kappa shape index (κ2) is 5.20. The van der Waals surface area contributed by atoms with Crippen LogP contribution >= 0.6 is 0 Å². The van der Waals surface area contributed by atoms with Gasteiger partial charge in [-0.15, -0.1) is 0 Å². The minimum absolute atomic E-state index is 0.338. The molecule has 2 rings (SSSR count). The number of amides is 1. The van der Waals surface area contributed by atoms with Gasteiger partial charge in [-0.3, -0.25) is 4.79 Å². The zero-order valence-corrected chi connectivity index (χ0v) is 9.75. The van der Waals surface area contributed by atoms with Crippen molar-refractivity contribution in [3.05, 3.63) is 59.2 Å². The number of carbonyl (C=O) groups is 1. The molecule has 0 aliphatic carbocycles. The monoisotopic (exact) mass is 285 g/mol. The van der Waals surface area contributed by atoms with Crippen molar-refractivity contribution in [2.45, 2.75) is 0 Å². The Morgan fingerprint density at radius 3 is 2.10 bits per heavy atom. The molecule has 0 saturated heterocycles. The Bertz CT molecular complexity index is 665. The van der Waals surface area contributed by atoms with E-state index in [1.165, 1.54) is 0 Å². The first-order chi connectivity index (χ1) is 9.38. The molecule has 0 atom stereocenters. The van der Waals surface area contributed by atoms with Gasteiger partial charge in [-0.2, -0.15) is 0 Å². The number of hydrogen-bond acceptors (Lipinski definition) is 2. The van der Waals surface area contributed by atoms with E-state index in [9.17, 15) is 22.4 Å². The van der Waals surface area contributed by atoms with E-state index >= 15 is 0 Å². The van der Waals surface area contributed by atoms with Crippen molar-refractivity contribution in [2.24, 2.45) is 0 Å². The maximum atomic E-state index is 13.4. The third kappa shape index (κ3) is 2.71. The molecule has 7 heteroatoms. The van der Waals surface area contributed by atoms with Crippen LogP contribution < -0.4 is 5.32 Å². The molecule has 2 aromatic rings. The van der Waals surface area contributed by atoms with Gasteiger partial charge in [0, 0.05) is 18.2 Å². The Kier molecular flexibility index (Phi) is 3.60. The van der Waals surface area contributed by atoms with Gasteiger partial charge >= 0.3 is 0 Å². The van der Waals surface area contributed by atoms with E-state index in [4.69, 9.17) is 5.11 Å². The zero-order valence-electron chi connectivity index (χ0n) is 9.75. The lowest BCUT2D eigenvalue weighted by Gasteiger charge is -2.08. The SMILES string of the molecule is O=C(Nc1ccc(O)cc1F)c1c(F)cc(F)cc1F. The van der Waals surface area contributed by atoms with E-state index in [1.807, 2.05) is 5.32 Å². The molecule has 0 saturated carbocycles. The van der Waals surface area contributed by atoms with Gasteiger partial charge in [0.1, 0.15) is 34.6 Å². The normalized spacial score (nSPS) is 10.4. The molecule has 0 aliphatic rings. The van der Waals surface area contributed by atoms with Crippen LogP contribution in [0.3, 0.4) is 0 Å². The van der Waals surface area contributed by atoms with Crippen molar-refractivity contribution in [1.29, 1.82) is 0 Å².